The maximum absolute atomic E-state index is 11.6. The van der Waals surface area contributed by atoms with Crippen LogP contribution in [0.15, 0.2) is 0 Å². The van der Waals surface area contributed by atoms with Gasteiger partial charge in [-0.15, -0.1) is 12.3 Å². The molecule has 1 amide bonds. The zero-order valence-electron chi connectivity index (χ0n) is 9.38. The van der Waals surface area contributed by atoms with Crippen molar-refractivity contribution in [2.75, 3.05) is 13.1 Å². The normalized spacial score (nSPS) is 19.2. The first-order valence-corrected chi connectivity index (χ1v) is 5.66. The van der Waals surface area contributed by atoms with Gasteiger partial charge in [0.15, 0.2) is 0 Å². The van der Waals surface area contributed by atoms with Gasteiger partial charge < -0.3 is 10.6 Å². The van der Waals surface area contributed by atoms with Crippen LogP contribution in [0.5, 0.6) is 0 Å². The smallest absolute Gasteiger partial charge is 0.220 e. The van der Waals surface area contributed by atoms with Gasteiger partial charge in [0.1, 0.15) is 0 Å². The van der Waals surface area contributed by atoms with E-state index < -0.39 is 0 Å². The van der Waals surface area contributed by atoms with E-state index in [9.17, 15) is 4.79 Å². The van der Waals surface area contributed by atoms with Crippen molar-refractivity contribution in [1.82, 2.24) is 10.6 Å². The minimum Gasteiger partial charge on any atom is -0.353 e. The fourth-order valence-electron chi connectivity index (χ4n) is 1.91. The lowest BCUT2D eigenvalue weighted by Crippen LogP contribution is -2.36. The molecule has 2 N–H and O–H groups in total. The first-order valence-electron chi connectivity index (χ1n) is 5.66. The van der Waals surface area contributed by atoms with Gasteiger partial charge in [0.05, 0.1) is 0 Å². The highest BCUT2D eigenvalue weighted by Crippen LogP contribution is 2.15. The third-order valence-corrected chi connectivity index (χ3v) is 2.76. The average molecular weight is 208 g/mol. The summed E-state index contributed by atoms with van der Waals surface area (Å²) in [6, 6.07) is 0.101. The highest BCUT2D eigenvalue weighted by atomic mass is 16.1. The van der Waals surface area contributed by atoms with E-state index in [1.807, 2.05) is 6.92 Å². The number of carbonyl (C=O) groups is 1. The van der Waals surface area contributed by atoms with Gasteiger partial charge in [-0.05, 0) is 38.8 Å². The molecule has 84 valence electrons. The summed E-state index contributed by atoms with van der Waals surface area (Å²) >= 11 is 0. The number of nitrogens with one attached hydrogen (secondary N) is 2. The second-order valence-corrected chi connectivity index (χ2v) is 4.27. The molecule has 0 aromatic carbocycles. The quantitative estimate of drug-likeness (QED) is 0.674. The van der Waals surface area contributed by atoms with Crippen LogP contribution in [0.3, 0.4) is 0 Å². The molecular formula is C12H20N2O. The maximum atomic E-state index is 11.6. The van der Waals surface area contributed by atoms with Crippen LogP contribution < -0.4 is 10.6 Å². The number of hydrogen-bond acceptors (Lipinski definition) is 2. The van der Waals surface area contributed by atoms with Crippen molar-refractivity contribution in [3.8, 4) is 12.3 Å². The molecular weight excluding hydrogens is 188 g/mol. The van der Waals surface area contributed by atoms with Crippen molar-refractivity contribution >= 4 is 5.91 Å². The molecule has 1 aliphatic rings. The Morgan fingerprint density at radius 1 is 1.60 bits per heavy atom. The van der Waals surface area contributed by atoms with Gasteiger partial charge in [-0.2, -0.15) is 0 Å². The van der Waals surface area contributed by atoms with E-state index in [0.717, 1.165) is 25.9 Å². The summed E-state index contributed by atoms with van der Waals surface area (Å²) in [5, 5.41) is 6.22. The van der Waals surface area contributed by atoms with Gasteiger partial charge in [0, 0.05) is 18.9 Å². The van der Waals surface area contributed by atoms with Crippen molar-refractivity contribution in [3.63, 3.8) is 0 Å². The number of hydrogen-bond donors (Lipinski definition) is 2. The molecule has 1 fully saturated rings. The van der Waals surface area contributed by atoms with Crippen molar-refractivity contribution in [3.05, 3.63) is 0 Å². The van der Waals surface area contributed by atoms with Gasteiger partial charge in [0.25, 0.3) is 0 Å². The highest BCUT2D eigenvalue weighted by Gasteiger charge is 2.17. The van der Waals surface area contributed by atoms with Crippen LogP contribution in [-0.4, -0.2) is 25.0 Å². The van der Waals surface area contributed by atoms with E-state index in [1.165, 1.54) is 0 Å². The van der Waals surface area contributed by atoms with Gasteiger partial charge in [-0.3, -0.25) is 4.79 Å². The number of carbonyl (C=O) groups excluding carboxylic acids is 1. The molecule has 1 saturated heterocycles. The van der Waals surface area contributed by atoms with Crippen LogP contribution in [0.4, 0.5) is 0 Å². The molecule has 15 heavy (non-hydrogen) atoms. The third kappa shape index (κ3) is 4.85. The molecule has 0 spiro atoms. The zero-order valence-corrected chi connectivity index (χ0v) is 9.38. The van der Waals surface area contributed by atoms with Crippen LogP contribution in [0.2, 0.25) is 0 Å². The lowest BCUT2D eigenvalue weighted by molar-refractivity contribution is -0.122. The summed E-state index contributed by atoms with van der Waals surface area (Å²) in [5.41, 5.74) is 0. The van der Waals surface area contributed by atoms with Crippen LogP contribution in [-0.2, 0) is 4.79 Å². The Labute approximate surface area is 92.0 Å². The van der Waals surface area contributed by atoms with E-state index in [4.69, 9.17) is 6.42 Å². The second kappa shape index (κ2) is 6.47. The van der Waals surface area contributed by atoms with Crippen LogP contribution in [0.25, 0.3) is 0 Å². The number of amides is 1. The van der Waals surface area contributed by atoms with Gasteiger partial charge in [0.2, 0.25) is 5.91 Å². The second-order valence-electron chi connectivity index (χ2n) is 4.27. The van der Waals surface area contributed by atoms with Gasteiger partial charge >= 0.3 is 0 Å². The average Bonchev–Trinajstić information content (AvgIpc) is 2.19. The molecule has 0 aromatic rings. The largest absolute Gasteiger partial charge is 0.353 e. The summed E-state index contributed by atoms with van der Waals surface area (Å²) in [7, 11) is 0. The summed E-state index contributed by atoms with van der Waals surface area (Å²) in [5.74, 6) is 3.24. The molecule has 1 aliphatic heterocycles. The molecule has 1 atom stereocenters. The van der Waals surface area contributed by atoms with Gasteiger partial charge in [-0.1, -0.05) is 0 Å². The third-order valence-electron chi connectivity index (χ3n) is 2.76. The molecule has 1 unspecified atom stereocenters. The topological polar surface area (TPSA) is 41.1 Å². The zero-order chi connectivity index (χ0) is 11.1. The first kappa shape index (κ1) is 12.1. The fourth-order valence-corrected chi connectivity index (χ4v) is 1.91. The van der Waals surface area contributed by atoms with E-state index in [2.05, 4.69) is 16.6 Å². The minimum absolute atomic E-state index is 0.101. The van der Waals surface area contributed by atoms with Crippen molar-refractivity contribution in [2.45, 2.75) is 38.6 Å². The van der Waals surface area contributed by atoms with E-state index in [-0.39, 0.29) is 11.9 Å². The van der Waals surface area contributed by atoms with Crippen LogP contribution >= 0.6 is 0 Å². The molecule has 0 bridgehead atoms. The molecule has 0 aromatic heterocycles. The number of piperidine rings is 1. The predicted octanol–water partition coefficient (Wildman–Crippen LogP) is 0.904. The number of rotatable bonds is 4. The molecule has 0 aliphatic carbocycles. The first-order chi connectivity index (χ1) is 7.22. The monoisotopic (exact) mass is 208 g/mol. The molecule has 3 nitrogen and oxygen atoms in total. The number of terminal acetylenes is 1. The Bertz CT molecular complexity index is 238. The SMILES string of the molecule is C#CCC(C)NC(=O)CC1CCNCC1. The van der Waals surface area contributed by atoms with E-state index in [1.54, 1.807) is 0 Å². The lowest BCUT2D eigenvalue weighted by Gasteiger charge is -2.22. The Morgan fingerprint density at radius 2 is 2.27 bits per heavy atom. The summed E-state index contributed by atoms with van der Waals surface area (Å²) in [6.07, 6.45) is 8.65. The van der Waals surface area contributed by atoms with Crippen molar-refractivity contribution in [1.29, 1.82) is 0 Å². The molecule has 0 saturated carbocycles. The Hall–Kier alpha value is -1.01. The Morgan fingerprint density at radius 3 is 2.87 bits per heavy atom. The Kier molecular flexibility index (Phi) is 5.20. The Balaban J connectivity index is 2.20. The van der Waals surface area contributed by atoms with Crippen molar-refractivity contribution in [2.24, 2.45) is 5.92 Å². The summed E-state index contributed by atoms with van der Waals surface area (Å²) < 4.78 is 0. The highest BCUT2D eigenvalue weighted by molar-refractivity contribution is 5.76. The molecule has 0 radical (unpaired) electrons. The predicted molar refractivity (Wildman–Crippen MR) is 61.3 cm³/mol. The molecule has 3 heteroatoms. The molecule has 1 heterocycles. The van der Waals surface area contributed by atoms with Gasteiger partial charge in [-0.25, -0.2) is 0 Å². The van der Waals surface area contributed by atoms with E-state index in [0.29, 0.717) is 18.8 Å². The van der Waals surface area contributed by atoms with E-state index >= 15 is 0 Å². The lowest BCUT2D eigenvalue weighted by atomic mass is 9.94. The summed E-state index contributed by atoms with van der Waals surface area (Å²) in [6.45, 7) is 4.02. The standard InChI is InChI=1S/C12H20N2O/c1-3-4-10(2)14-12(15)9-11-5-7-13-8-6-11/h1,10-11,13H,4-9H2,2H3,(H,14,15). The molecule has 1 rings (SSSR count). The minimum atomic E-state index is 0.101. The maximum Gasteiger partial charge on any atom is 0.220 e. The van der Waals surface area contributed by atoms with Crippen molar-refractivity contribution < 1.29 is 4.79 Å². The van der Waals surface area contributed by atoms with Crippen LogP contribution in [0, 0.1) is 18.3 Å². The van der Waals surface area contributed by atoms with Crippen LogP contribution in [0.1, 0.15) is 32.6 Å². The fraction of sp³-hybridized carbons (Fsp3) is 0.750. The summed E-state index contributed by atoms with van der Waals surface area (Å²) in [4.78, 5) is 11.6.